The number of nitrogens with one attached hydrogen (secondary N) is 1. The molecule has 0 unspecified atom stereocenters. The van der Waals surface area contributed by atoms with Crippen LogP contribution in [0.4, 0.5) is 10.2 Å². The van der Waals surface area contributed by atoms with E-state index in [9.17, 15) is 4.39 Å². The highest BCUT2D eigenvalue weighted by atomic mass is 32.2. The molecule has 1 aromatic rings. The first kappa shape index (κ1) is 14.2. The Morgan fingerprint density at radius 3 is 2.65 bits per heavy atom. The van der Waals surface area contributed by atoms with Gasteiger partial charge in [0.05, 0.1) is 11.4 Å². The summed E-state index contributed by atoms with van der Waals surface area (Å²) in [6.45, 7) is 6.59. The van der Waals surface area contributed by atoms with Crippen molar-refractivity contribution < 1.29 is 4.39 Å². The summed E-state index contributed by atoms with van der Waals surface area (Å²) in [4.78, 5) is 8.39. The van der Waals surface area contributed by atoms with Crippen LogP contribution in [0.1, 0.15) is 38.2 Å². The van der Waals surface area contributed by atoms with Crippen molar-refractivity contribution in [1.29, 1.82) is 0 Å². The number of halogens is 1. The lowest BCUT2D eigenvalue weighted by atomic mass is 10.3. The van der Waals surface area contributed by atoms with E-state index in [0.717, 1.165) is 30.9 Å². The summed E-state index contributed by atoms with van der Waals surface area (Å²) >= 11 is 1.78. The third kappa shape index (κ3) is 4.50. The predicted molar refractivity (Wildman–Crippen MR) is 72.0 cm³/mol. The summed E-state index contributed by atoms with van der Waals surface area (Å²) in [5, 5.41) is 3.00. The van der Waals surface area contributed by atoms with Gasteiger partial charge in [-0.15, -0.1) is 0 Å². The van der Waals surface area contributed by atoms with E-state index in [1.54, 1.807) is 18.7 Å². The molecule has 0 atom stereocenters. The third-order valence-electron chi connectivity index (χ3n) is 2.19. The van der Waals surface area contributed by atoms with Gasteiger partial charge in [0.1, 0.15) is 5.82 Å². The molecule has 1 rings (SSSR count). The molecule has 0 saturated heterocycles. The van der Waals surface area contributed by atoms with Gasteiger partial charge < -0.3 is 5.32 Å². The minimum Gasteiger partial charge on any atom is -0.368 e. The molecular weight excluding hydrogens is 237 g/mol. The molecule has 0 saturated carbocycles. The quantitative estimate of drug-likeness (QED) is 0.760. The van der Waals surface area contributed by atoms with E-state index < -0.39 is 0 Å². The van der Waals surface area contributed by atoms with Crippen molar-refractivity contribution in [3.05, 3.63) is 17.3 Å². The van der Waals surface area contributed by atoms with Crippen molar-refractivity contribution in [3.63, 3.8) is 0 Å². The zero-order valence-electron chi connectivity index (χ0n) is 10.7. The van der Waals surface area contributed by atoms with Crippen LogP contribution in [0.25, 0.3) is 0 Å². The summed E-state index contributed by atoms with van der Waals surface area (Å²) in [7, 11) is 0. The molecule has 0 aliphatic carbocycles. The molecule has 0 spiro atoms. The van der Waals surface area contributed by atoms with Crippen LogP contribution in [-0.4, -0.2) is 22.3 Å². The number of hydrogen-bond acceptors (Lipinski definition) is 4. The van der Waals surface area contributed by atoms with Crippen molar-refractivity contribution in [1.82, 2.24) is 9.97 Å². The molecule has 1 N–H and O–H groups in total. The van der Waals surface area contributed by atoms with E-state index in [-0.39, 0.29) is 5.82 Å². The lowest BCUT2D eigenvalue weighted by Gasteiger charge is -2.09. The Bertz CT molecular complexity index is 358. The Morgan fingerprint density at radius 1 is 1.24 bits per heavy atom. The minimum atomic E-state index is -0.331. The predicted octanol–water partition coefficient (Wildman–Crippen LogP) is 3.39. The molecule has 17 heavy (non-hydrogen) atoms. The number of anilines is 1. The molecule has 1 aromatic heterocycles. The average molecular weight is 257 g/mol. The molecule has 0 aliphatic rings. The summed E-state index contributed by atoms with van der Waals surface area (Å²) in [5.74, 6) is 2.54. The van der Waals surface area contributed by atoms with Gasteiger partial charge in [0.25, 0.3) is 0 Å². The number of nitrogens with zero attached hydrogens (tertiary/aromatic N) is 2. The van der Waals surface area contributed by atoms with E-state index in [0.29, 0.717) is 17.3 Å². The normalized spacial score (nSPS) is 10.6. The fourth-order valence-electron chi connectivity index (χ4n) is 1.35. The van der Waals surface area contributed by atoms with E-state index in [1.807, 2.05) is 6.92 Å². The largest absolute Gasteiger partial charge is 0.368 e. The molecule has 1 heterocycles. The maximum Gasteiger partial charge on any atom is 0.186 e. The highest BCUT2D eigenvalue weighted by Crippen LogP contribution is 2.17. The van der Waals surface area contributed by atoms with Gasteiger partial charge >= 0.3 is 0 Å². The lowest BCUT2D eigenvalue weighted by Crippen LogP contribution is -2.09. The van der Waals surface area contributed by atoms with Crippen molar-refractivity contribution in [2.75, 3.05) is 17.6 Å². The van der Waals surface area contributed by atoms with Crippen molar-refractivity contribution >= 4 is 17.6 Å². The molecule has 0 aliphatic heterocycles. The van der Waals surface area contributed by atoms with Crippen LogP contribution in [0.2, 0.25) is 0 Å². The summed E-state index contributed by atoms with van der Waals surface area (Å²) < 4.78 is 13.7. The maximum absolute atomic E-state index is 13.7. The zero-order valence-corrected chi connectivity index (χ0v) is 11.5. The smallest absolute Gasteiger partial charge is 0.186 e. The number of aromatic nitrogens is 2. The van der Waals surface area contributed by atoms with Gasteiger partial charge in [-0.3, -0.25) is 0 Å². The van der Waals surface area contributed by atoms with E-state index in [1.165, 1.54) is 0 Å². The standard InChI is InChI=1S/C12H20FN3S/c1-4-6-14-12-11(13)9(3)15-10(16-12)8-17-7-5-2/h4-8H2,1-3H3,(H,14,15,16). The number of rotatable bonds is 7. The van der Waals surface area contributed by atoms with Crippen LogP contribution in [0.3, 0.4) is 0 Å². The second kappa shape index (κ2) is 7.48. The van der Waals surface area contributed by atoms with Gasteiger partial charge in [0.2, 0.25) is 0 Å². The second-order valence-electron chi connectivity index (χ2n) is 3.87. The zero-order chi connectivity index (χ0) is 12.7. The molecule has 0 bridgehead atoms. The van der Waals surface area contributed by atoms with E-state index >= 15 is 0 Å². The Balaban J connectivity index is 2.74. The minimum absolute atomic E-state index is 0.331. The van der Waals surface area contributed by atoms with Gasteiger partial charge in [0.15, 0.2) is 11.6 Å². The topological polar surface area (TPSA) is 37.8 Å². The fraction of sp³-hybridized carbons (Fsp3) is 0.667. The van der Waals surface area contributed by atoms with Gasteiger partial charge in [-0.2, -0.15) is 11.8 Å². The third-order valence-corrected chi connectivity index (χ3v) is 3.34. The monoisotopic (exact) mass is 257 g/mol. The van der Waals surface area contributed by atoms with Crippen LogP contribution < -0.4 is 5.32 Å². The molecule has 3 nitrogen and oxygen atoms in total. The molecular formula is C12H20FN3S. The van der Waals surface area contributed by atoms with Crippen LogP contribution in [-0.2, 0) is 5.75 Å². The van der Waals surface area contributed by atoms with Crippen LogP contribution >= 0.6 is 11.8 Å². The Morgan fingerprint density at radius 2 is 2.00 bits per heavy atom. The van der Waals surface area contributed by atoms with Crippen LogP contribution in [0, 0.1) is 12.7 Å². The highest BCUT2D eigenvalue weighted by Gasteiger charge is 2.10. The van der Waals surface area contributed by atoms with Crippen molar-refractivity contribution in [3.8, 4) is 0 Å². The molecule has 0 radical (unpaired) electrons. The number of thioether (sulfide) groups is 1. The fourth-order valence-corrected chi connectivity index (χ4v) is 2.09. The van der Waals surface area contributed by atoms with Gasteiger partial charge in [-0.1, -0.05) is 13.8 Å². The van der Waals surface area contributed by atoms with E-state index in [2.05, 4.69) is 22.2 Å². The molecule has 96 valence electrons. The lowest BCUT2D eigenvalue weighted by molar-refractivity contribution is 0.601. The SMILES string of the molecule is CCCNc1nc(CSCCC)nc(C)c1F. The van der Waals surface area contributed by atoms with Crippen LogP contribution in [0.5, 0.6) is 0 Å². The molecule has 0 aromatic carbocycles. The molecule has 5 heteroatoms. The van der Waals surface area contributed by atoms with Gasteiger partial charge in [0, 0.05) is 6.54 Å². The molecule has 0 amide bonds. The first-order valence-electron chi connectivity index (χ1n) is 6.03. The number of aryl methyl sites for hydroxylation is 1. The first-order chi connectivity index (χ1) is 8.19. The summed E-state index contributed by atoms with van der Waals surface area (Å²) in [6.07, 6.45) is 2.08. The Hall–Kier alpha value is -0.840. The first-order valence-corrected chi connectivity index (χ1v) is 7.19. The Kier molecular flexibility index (Phi) is 6.26. The second-order valence-corrected chi connectivity index (χ2v) is 4.97. The number of hydrogen-bond donors (Lipinski definition) is 1. The summed E-state index contributed by atoms with van der Waals surface area (Å²) in [6, 6.07) is 0. The Labute approximate surface area is 107 Å². The van der Waals surface area contributed by atoms with E-state index in [4.69, 9.17) is 0 Å². The summed E-state index contributed by atoms with van der Waals surface area (Å²) in [5.41, 5.74) is 0.422. The van der Waals surface area contributed by atoms with Crippen molar-refractivity contribution in [2.24, 2.45) is 0 Å². The molecule has 0 fully saturated rings. The van der Waals surface area contributed by atoms with Gasteiger partial charge in [-0.25, -0.2) is 14.4 Å². The maximum atomic E-state index is 13.7. The highest BCUT2D eigenvalue weighted by molar-refractivity contribution is 7.98. The van der Waals surface area contributed by atoms with Gasteiger partial charge in [-0.05, 0) is 25.5 Å². The van der Waals surface area contributed by atoms with Crippen LogP contribution in [0.15, 0.2) is 0 Å². The average Bonchev–Trinajstić information content (AvgIpc) is 2.32. The van der Waals surface area contributed by atoms with Crippen molar-refractivity contribution in [2.45, 2.75) is 39.4 Å².